The molecule has 0 amide bonds. The van der Waals surface area contributed by atoms with Crippen LogP contribution in [0.4, 0.5) is 17.1 Å². The van der Waals surface area contributed by atoms with Crippen molar-refractivity contribution in [2.75, 3.05) is 4.90 Å². The van der Waals surface area contributed by atoms with Crippen molar-refractivity contribution in [1.29, 1.82) is 0 Å². The molecule has 0 unspecified atom stereocenters. The third-order valence-corrected chi connectivity index (χ3v) is 11.9. The van der Waals surface area contributed by atoms with Gasteiger partial charge in [0, 0.05) is 57.1 Å². The zero-order valence-electron chi connectivity index (χ0n) is 26.5. The molecule has 1 nitrogen and oxygen atoms in total. The Morgan fingerprint density at radius 3 is 1.59 bits per heavy atom. The minimum absolute atomic E-state index is 1.13. The lowest BCUT2D eigenvalue weighted by molar-refractivity contribution is 1.30. The summed E-state index contributed by atoms with van der Waals surface area (Å²) >= 11 is 3.79. The van der Waals surface area contributed by atoms with Crippen molar-refractivity contribution < 1.29 is 0 Å². The third-order valence-electron chi connectivity index (χ3n) is 9.68. The molecule has 0 fully saturated rings. The van der Waals surface area contributed by atoms with Crippen LogP contribution in [-0.4, -0.2) is 0 Å². The number of hydrogen-bond acceptors (Lipinski definition) is 3. The number of rotatable bonds is 5. The molecule has 49 heavy (non-hydrogen) atoms. The zero-order chi connectivity index (χ0) is 32.3. The highest BCUT2D eigenvalue weighted by Crippen LogP contribution is 2.46. The minimum Gasteiger partial charge on any atom is -0.310 e. The largest absolute Gasteiger partial charge is 0.310 e. The zero-order valence-corrected chi connectivity index (χ0v) is 28.1. The fourth-order valence-corrected chi connectivity index (χ4v) is 9.60. The Balaban J connectivity index is 1.07. The summed E-state index contributed by atoms with van der Waals surface area (Å²) in [6, 6.07) is 64.2. The molecule has 0 atom stereocenters. The number of nitrogens with zero attached hydrogens (tertiary/aromatic N) is 1. The van der Waals surface area contributed by atoms with Gasteiger partial charge in [-0.1, -0.05) is 121 Å². The number of benzene rings is 8. The van der Waals surface area contributed by atoms with E-state index >= 15 is 0 Å². The third kappa shape index (κ3) is 4.74. The first kappa shape index (κ1) is 28.3. The Morgan fingerprint density at radius 2 is 0.857 bits per heavy atom. The van der Waals surface area contributed by atoms with Crippen LogP contribution in [0.5, 0.6) is 0 Å². The van der Waals surface area contributed by atoms with Crippen molar-refractivity contribution >= 4 is 90.9 Å². The predicted octanol–water partition coefficient (Wildman–Crippen LogP) is 14.4. The average Bonchev–Trinajstić information content (AvgIpc) is 3.74. The van der Waals surface area contributed by atoms with Gasteiger partial charge in [0.1, 0.15) is 0 Å². The molecule has 0 bridgehead atoms. The van der Waals surface area contributed by atoms with Crippen LogP contribution in [0.15, 0.2) is 176 Å². The lowest BCUT2D eigenvalue weighted by Crippen LogP contribution is -2.10. The standard InChI is InChI=1S/C46H29NS2/c1-2-9-30(10-3-1)31-17-22-35(23-18-31)47(40-15-8-12-33-11-4-5-13-37(33)40)36-24-19-32(20-25-36)34-21-26-39-44(29-34)49-43-28-27-42-45(46(39)43)38-14-6-7-16-41(38)48-42/h1-29H. The lowest BCUT2D eigenvalue weighted by atomic mass is 10.0. The Morgan fingerprint density at radius 1 is 0.327 bits per heavy atom. The van der Waals surface area contributed by atoms with Crippen molar-refractivity contribution in [3.8, 4) is 22.3 Å². The molecule has 0 saturated heterocycles. The van der Waals surface area contributed by atoms with E-state index in [0.717, 1.165) is 17.1 Å². The summed E-state index contributed by atoms with van der Waals surface area (Å²) in [5.74, 6) is 0. The molecule has 0 spiro atoms. The van der Waals surface area contributed by atoms with Crippen LogP contribution in [0, 0.1) is 0 Å². The first-order valence-corrected chi connectivity index (χ1v) is 18.2. The minimum atomic E-state index is 1.13. The van der Waals surface area contributed by atoms with Crippen LogP contribution < -0.4 is 4.90 Å². The van der Waals surface area contributed by atoms with Gasteiger partial charge in [-0.3, -0.25) is 0 Å². The van der Waals surface area contributed by atoms with Crippen LogP contribution in [0.25, 0.3) is 73.4 Å². The Bertz CT molecular complexity index is 2800. The summed E-state index contributed by atoms with van der Waals surface area (Å²) in [5, 5.41) is 7.94. The maximum absolute atomic E-state index is 2.38. The van der Waals surface area contributed by atoms with E-state index in [-0.39, 0.29) is 0 Å². The summed E-state index contributed by atoms with van der Waals surface area (Å²) in [5.41, 5.74) is 8.30. The maximum atomic E-state index is 2.38. The van der Waals surface area contributed by atoms with E-state index in [1.54, 1.807) is 0 Å². The van der Waals surface area contributed by atoms with Gasteiger partial charge < -0.3 is 4.90 Å². The maximum Gasteiger partial charge on any atom is 0.0540 e. The average molecular weight is 660 g/mol. The Hall–Kier alpha value is -5.74. The van der Waals surface area contributed by atoms with Gasteiger partial charge >= 0.3 is 0 Å². The smallest absolute Gasteiger partial charge is 0.0540 e. The van der Waals surface area contributed by atoms with Gasteiger partial charge in [0.2, 0.25) is 0 Å². The van der Waals surface area contributed by atoms with E-state index in [2.05, 4.69) is 181 Å². The van der Waals surface area contributed by atoms with Crippen molar-refractivity contribution in [1.82, 2.24) is 0 Å². The van der Waals surface area contributed by atoms with Crippen LogP contribution >= 0.6 is 22.7 Å². The van der Waals surface area contributed by atoms with Crippen LogP contribution in [0.3, 0.4) is 0 Å². The van der Waals surface area contributed by atoms with Gasteiger partial charge in [-0.05, 0) is 82.2 Å². The fraction of sp³-hybridized carbons (Fsp3) is 0. The summed E-state index contributed by atoms with van der Waals surface area (Å²) in [7, 11) is 0. The first-order valence-electron chi connectivity index (χ1n) is 16.6. The molecule has 2 aromatic heterocycles. The highest BCUT2D eigenvalue weighted by Gasteiger charge is 2.17. The Labute approximate surface area is 292 Å². The molecular weight excluding hydrogens is 631 g/mol. The van der Waals surface area contributed by atoms with E-state index in [1.807, 2.05) is 22.7 Å². The van der Waals surface area contributed by atoms with Crippen molar-refractivity contribution in [2.45, 2.75) is 0 Å². The van der Waals surface area contributed by atoms with E-state index in [9.17, 15) is 0 Å². The van der Waals surface area contributed by atoms with Gasteiger partial charge in [-0.25, -0.2) is 0 Å². The topological polar surface area (TPSA) is 3.24 Å². The predicted molar refractivity (Wildman–Crippen MR) is 215 cm³/mol. The number of hydrogen-bond donors (Lipinski definition) is 0. The molecule has 10 rings (SSSR count). The van der Waals surface area contributed by atoms with Gasteiger partial charge in [0.25, 0.3) is 0 Å². The monoisotopic (exact) mass is 659 g/mol. The number of anilines is 3. The summed E-state index contributed by atoms with van der Waals surface area (Å²) in [6.45, 7) is 0. The normalized spacial score (nSPS) is 11.7. The lowest BCUT2D eigenvalue weighted by Gasteiger charge is -2.27. The van der Waals surface area contributed by atoms with Crippen molar-refractivity contribution in [2.24, 2.45) is 0 Å². The quantitative estimate of drug-likeness (QED) is 0.178. The molecule has 8 aromatic carbocycles. The molecule has 3 heteroatoms. The molecule has 0 aliphatic rings. The SMILES string of the molecule is c1ccc(-c2ccc(N(c3ccc(-c4ccc5c(c4)sc4ccc6sc7ccccc7c6c45)cc3)c3cccc4ccccc34)cc2)cc1. The number of thiophene rings is 2. The van der Waals surface area contributed by atoms with Gasteiger partial charge in [0.05, 0.1) is 5.69 Å². The highest BCUT2D eigenvalue weighted by molar-refractivity contribution is 7.28. The molecule has 0 radical (unpaired) electrons. The molecule has 0 aliphatic heterocycles. The molecule has 0 aliphatic carbocycles. The van der Waals surface area contributed by atoms with Gasteiger partial charge in [-0.15, -0.1) is 22.7 Å². The van der Waals surface area contributed by atoms with E-state index in [1.165, 1.54) is 73.4 Å². The molecule has 0 saturated carbocycles. The van der Waals surface area contributed by atoms with Crippen LogP contribution in [-0.2, 0) is 0 Å². The van der Waals surface area contributed by atoms with Crippen LogP contribution in [0.1, 0.15) is 0 Å². The summed E-state index contributed by atoms with van der Waals surface area (Å²) in [6.07, 6.45) is 0. The van der Waals surface area contributed by atoms with E-state index in [0.29, 0.717) is 0 Å². The molecular formula is C46H29NS2. The van der Waals surface area contributed by atoms with Crippen molar-refractivity contribution in [3.05, 3.63) is 176 Å². The highest BCUT2D eigenvalue weighted by atomic mass is 32.1. The summed E-state index contributed by atoms with van der Waals surface area (Å²) < 4.78 is 5.39. The fourth-order valence-electron chi connectivity index (χ4n) is 7.33. The van der Waals surface area contributed by atoms with E-state index < -0.39 is 0 Å². The second-order valence-electron chi connectivity index (χ2n) is 12.5. The van der Waals surface area contributed by atoms with Crippen LogP contribution in [0.2, 0.25) is 0 Å². The number of fused-ring (bicyclic) bond motifs is 8. The van der Waals surface area contributed by atoms with E-state index in [4.69, 9.17) is 0 Å². The first-order chi connectivity index (χ1) is 24.3. The van der Waals surface area contributed by atoms with Gasteiger partial charge in [0.15, 0.2) is 0 Å². The molecule has 0 N–H and O–H groups in total. The second kappa shape index (κ2) is 11.5. The second-order valence-corrected chi connectivity index (χ2v) is 14.7. The molecule has 230 valence electrons. The van der Waals surface area contributed by atoms with Gasteiger partial charge in [-0.2, -0.15) is 0 Å². The Kier molecular flexibility index (Phi) is 6.61. The summed E-state index contributed by atoms with van der Waals surface area (Å²) in [4.78, 5) is 2.38. The molecule has 10 aromatic rings. The molecule has 2 heterocycles. The van der Waals surface area contributed by atoms with Crippen molar-refractivity contribution in [3.63, 3.8) is 0 Å².